The lowest BCUT2D eigenvalue weighted by Gasteiger charge is -2.18. The summed E-state index contributed by atoms with van der Waals surface area (Å²) in [5.74, 6) is -0.158. The minimum absolute atomic E-state index is 0.158. The van der Waals surface area contributed by atoms with E-state index in [1.54, 1.807) is 24.3 Å². The lowest BCUT2D eigenvalue weighted by Crippen LogP contribution is -2.33. The zero-order valence-electron chi connectivity index (χ0n) is 10.2. The summed E-state index contributed by atoms with van der Waals surface area (Å²) in [6.45, 7) is 2.50. The van der Waals surface area contributed by atoms with Crippen molar-refractivity contribution in [3.8, 4) is 0 Å². The van der Waals surface area contributed by atoms with Gasteiger partial charge in [-0.3, -0.25) is 9.52 Å². The first-order valence-corrected chi connectivity index (χ1v) is 7.32. The van der Waals surface area contributed by atoms with Gasteiger partial charge in [-0.15, -0.1) is 0 Å². The number of ketones is 1. The van der Waals surface area contributed by atoms with Gasteiger partial charge in [0.15, 0.2) is 5.78 Å². The molecule has 1 fully saturated rings. The van der Waals surface area contributed by atoms with Crippen LogP contribution in [0.1, 0.15) is 30.1 Å². The van der Waals surface area contributed by atoms with Crippen LogP contribution in [-0.2, 0) is 10.2 Å². The molecule has 1 N–H and O–H groups in total. The molecule has 0 aliphatic carbocycles. The average molecular weight is 268 g/mol. The van der Waals surface area contributed by atoms with Crippen molar-refractivity contribution in [1.29, 1.82) is 0 Å². The largest absolute Gasteiger partial charge is 0.301 e. The van der Waals surface area contributed by atoms with Crippen LogP contribution in [0.25, 0.3) is 0 Å². The van der Waals surface area contributed by atoms with Gasteiger partial charge in [-0.2, -0.15) is 12.7 Å². The Labute approximate surface area is 107 Å². The van der Waals surface area contributed by atoms with Gasteiger partial charge in [0.2, 0.25) is 0 Å². The van der Waals surface area contributed by atoms with E-state index in [1.165, 1.54) is 11.2 Å². The van der Waals surface area contributed by atoms with E-state index in [4.69, 9.17) is 0 Å². The van der Waals surface area contributed by atoms with Gasteiger partial charge in [-0.05, 0) is 31.9 Å². The van der Waals surface area contributed by atoms with E-state index in [2.05, 4.69) is 4.72 Å². The zero-order valence-corrected chi connectivity index (χ0v) is 11.0. The molecule has 0 radical (unpaired) electrons. The molecule has 18 heavy (non-hydrogen) atoms. The molecule has 98 valence electrons. The van der Waals surface area contributed by atoms with Crippen LogP contribution in [0, 0.1) is 0 Å². The molecule has 2 rings (SSSR count). The quantitative estimate of drug-likeness (QED) is 0.844. The van der Waals surface area contributed by atoms with Gasteiger partial charge in [0.05, 0.1) is 5.69 Å². The molecule has 1 saturated heterocycles. The van der Waals surface area contributed by atoms with Crippen molar-refractivity contribution in [1.82, 2.24) is 4.31 Å². The fourth-order valence-electron chi connectivity index (χ4n) is 2.01. The maximum absolute atomic E-state index is 12.1. The van der Waals surface area contributed by atoms with Crippen molar-refractivity contribution in [2.45, 2.75) is 19.8 Å². The molecule has 0 unspecified atom stereocenters. The fraction of sp³-hybridized carbons (Fsp3) is 0.417. The molecule has 0 bridgehead atoms. The number of rotatable bonds is 4. The molecule has 0 atom stereocenters. The molecule has 0 amide bonds. The first kappa shape index (κ1) is 13.0. The van der Waals surface area contributed by atoms with E-state index in [-0.39, 0.29) is 5.78 Å². The number of benzene rings is 1. The number of para-hydroxylation sites is 1. The number of nitrogens with one attached hydrogen (secondary N) is 1. The number of Topliss-reactive ketones (excluding diaryl/α,β-unsaturated/α-hetero) is 1. The van der Waals surface area contributed by atoms with Crippen LogP contribution in [0.4, 0.5) is 5.69 Å². The molecule has 0 saturated carbocycles. The van der Waals surface area contributed by atoms with Crippen molar-refractivity contribution in [2.75, 3.05) is 17.8 Å². The van der Waals surface area contributed by atoms with E-state index in [0.717, 1.165) is 12.8 Å². The van der Waals surface area contributed by atoms with Crippen LogP contribution in [0.15, 0.2) is 24.3 Å². The highest BCUT2D eigenvalue weighted by Crippen LogP contribution is 2.20. The Hall–Kier alpha value is -1.40. The Morgan fingerprint density at radius 2 is 1.83 bits per heavy atom. The highest BCUT2D eigenvalue weighted by Gasteiger charge is 2.25. The van der Waals surface area contributed by atoms with Gasteiger partial charge in [0.25, 0.3) is 0 Å². The van der Waals surface area contributed by atoms with E-state index in [1.807, 2.05) is 0 Å². The molecule has 1 aliphatic heterocycles. The van der Waals surface area contributed by atoms with E-state index in [9.17, 15) is 13.2 Å². The molecule has 1 aliphatic rings. The molecule has 1 aromatic carbocycles. The van der Waals surface area contributed by atoms with Crippen molar-refractivity contribution < 1.29 is 13.2 Å². The number of hydrogen-bond donors (Lipinski definition) is 1. The highest BCUT2D eigenvalue weighted by molar-refractivity contribution is 7.90. The van der Waals surface area contributed by atoms with E-state index >= 15 is 0 Å². The minimum atomic E-state index is -3.54. The van der Waals surface area contributed by atoms with Crippen LogP contribution in [0.3, 0.4) is 0 Å². The van der Waals surface area contributed by atoms with Crippen molar-refractivity contribution >= 4 is 21.7 Å². The predicted octanol–water partition coefficient (Wildman–Crippen LogP) is 1.64. The molecule has 0 spiro atoms. The Morgan fingerprint density at radius 1 is 1.22 bits per heavy atom. The fourth-order valence-corrected chi connectivity index (χ4v) is 3.34. The molecule has 6 heteroatoms. The van der Waals surface area contributed by atoms with Gasteiger partial charge in [-0.1, -0.05) is 12.1 Å². The van der Waals surface area contributed by atoms with Crippen molar-refractivity contribution in [3.63, 3.8) is 0 Å². The number of hydrogen-bond acceptors (Lipinski definition) is 3. The van der Waals surface area contributed by atoms with E-state index < -0.39 is 10.2 Å². The number of nitrogens with zero attached hydrogens (tertiary/aromatic N) is 1. The molecule has 1 aromatic rings. The summed E-state index contributed by atoms with van der Waals surface area (Å²) in [7, 11) is -3.54. The number of carbonyl (C=O) groups excluding carboxylic acids is 1. The third-order valence-corrected chi connectivity index (χ3v) is 4.47. The normalized spacial score (nSPS) is 16.7. The van der Waals surface area contributed by atoms with Crippen molar-refractivity contribution in [2.24, 2.45) is 0 Å². The Kier molecular flexibility index (Phi) is 3.68. The SMILES string of the molecule is CC(=O)c1ccccc1NS(=O)(=O)N1CCCC1. The van der Waals surface area contributed by atoms with Crippen LogP contribution in [-0.4, -0.2) is 31.6 Å². The lowest BCUT2D eigenvalue weighted by atomic mass is 10.1. The summed E-state index contributed by atoms with van der Waals surface area (Å²) in [5, 5.41) is 0. The maximum Gasteiger partial charge on any atom is 0.301 e. The van der Waals surface area contributed by atoms with Crippen LogP contribution < -0.4 is 4.72 Å². The standard InChI is InChI=1S/C12H16N2O3S/c1-10(15)11-6-2-3-7-12(11)13-18(16,17)14-8-4-5-9-14/h2-3,6-7,13H,4-5,8-9H2,1H3. The first-order valence-electron chi connectivity index (χ1n) is 5.88. The van der Waals surface area contributed by atoms with Crippen LogP contribution in [0.5, 0.6) is 0 Å². The summed E-state index contributed by atoms with van der Waals surface area (Å²) in [5.41, 5.74) is 0.733. The Bertz CT molecular complexity index is 548. The van der Waals surface area contributed by atoms with Crippen molar-refractivity contribution in [3.05, 3.63) is 29.8 Å². The molecule has 1 heterocycles. The third-order valence-electron chi connectivity index (χ3n) is 2.95. The summed E-state index contributed by atoms with van der Waals surface area (Å²) >= 11 is 0. The average Bonchev–Trinajstić information content (AvgIpc) is 2.83. The first-order chi connectivity index (χ1) is 8.50. The van der Waals surface area contributed by atoms with Crippen LogP contribution in [0.2, 0.25) is 0 Å². The zero-order chi connectivity index (χ0) is 13.2. The topological polar surface area (TPSA) is 66.5 Å². The lowest BCUT2D eigenvalue weighted by molar-refractivity contribution is 0.101. The summed E-state index contributed by atoms with van der Waals surface area (Å²) < 4.78 is 28.1. The second kappa shape index (κ2) is 5.07. The minimum Gasteiger partial charge on any atom is -0.294 e. The number of anilines is 1. The summed E-state index contributed by atoms with van der Waals surface area (Å²) in [6, 6.07) is 6.63. The second-order valence-electron chi connectivity index (χ2n) is 4.32. The predicted molar refractivity (Wildman–Crippen MR) is 69.8 cm³/mol. The Balaban J connectivity index is 2.26. The monoisotopic (exact) mass is 268 g/mol. The second-order valence-corrected chi connectivity index (χ2v) is 5.99. The summed E-state index contributed by atoms with van der Waals surface area (Å²) in [4.78, 5) is 11.4. The summed E-state index contributed by atoms with van der Waals surface area (Å²) in [6.07, 6.45) is 1.77. The van der Waals surface area contributed by atoms with Gasteiger partial charge in [0.1, 0.15) is 0 Å². The highest BCUT2D eigenvalue weighted by atomic mass is 32.2. The molecule has 5 nitrogen and oxygen atoms in total. The van der Waals surface area contributed by atoms with Gasteiger partial charge in [0, 0.05) is 18.7 Å². The third kappa shape index (κ3) is 2.70. The van der Waals surface area contributed by atoms with E-state index in [0.29, 0.717) is 24.3 Å². The van der Waals surface area contributed by atoms with Gasteiger partial charge >= 0.3 is 10.2 Å². The van der Waals surface area contributed by atoms with Gasteiger partial charge < -0.3 is 0 Å². The number of carbonyl (C=O) groups is 1. The molecular formula is C12H16N2O3S. The maximum atomic E-state index is 12.1. The molecule has 0 aromatic heterocycles. The van der Waals surface area contributed by atoms with Crippen LogP contribution >= 0.6 is 0 Å². The smallest absolute Gasteiger partial charge is 0.294 e. The Morgan fingerprint density at radius 3 is 2.44 bits per heavy atom. The van der Waals surface area contributed by atoms with Gasteiger partial charge in [-0.25, -0.2) is 0 Å². The molecular weight excluding hydrogens is 252 g/mol.